The summed E-state index contributed by atoms with van der Waals surface area (Å²) >= 11 is 0. The van der Waals surface area contributed by atoms with Gasteiger partial charge in [-0.15, -0.1) is 0 Å². The van der Waals surface area contributed by atoms with Gasteiger partial charge in [0.1, 0.15) is 0 Å². The van der Waals surface area contributed by atoms with Crippen molar-refractivity contribution in [1.29, 1.82) is 0 Å². The van der Waals surface area contributed by atoms with Gasteiger partial charge in [-0.05, 0) is 48.9 Å². The third-order valence-corrected chi connectivity index (χ3v) is 6.00. The number of rotatable bonds is 7. The van der Waals surface area contributed by atoms with Gasteiger partial charge in [0.2, 0.25) is 0 Å². The lowest BCUT2D eigenvalue weighted by atomic mass is 9.92. The zero-order valence-electron chi connectivity index (χ0n) is 18.4. The van der Waals surface area contributed by atoms with Gasteiger partial charge in [0.25, 0.3) is 11.8 Å². The summed E-state index contributed by atoms with van der Waals surface area (Å²) in [6.07, 6.45) is 9.86. The number of anilines is 3. The van der Waals surface area contributed by atoms with E-state index in [0.717, 1.165) is 41.7 Å². The van der Waals surface area contributed by atoms with E-state index in [1.165, 1.54) is 4.90 Å². The molecule has 3 heterocycles. The highest BCUT2D eigenvalue weighted by Gasteiger charge is 2.33. The van der Waals surface area contributed by atoms with Gasteiger partial charge in [0.15, 0.2) is 0 Å². The molecule has 0 atom stereocenters. The van der Waals surface area contributed by atoms with Gasteiger partial charge in [-0.2, -0.15) is 0 Å². The summed E-state index contributed by atoms with van der Waals surface area (Å²) in [7, 11) is 0. The Morgan fingerprint density at radius 1 is 0.788 bits per heavy atom. The molecule has 4 aromatic rings. The maximum atomic E-state index is 13.3. The van der Waals surface area contributed by atoms with Crippen molar-refractivity contribution in [2.45, 2.75) is 26.2 Å². The number of hydrogen-bond acceptors (Lipinski definition) is 5. The van der Waals surface area contributed by atoms with Crippen LogP contribution in [-0.2, 0) is 0 Å². The average molecular weight is 437 g/mol. The van der Waals surface area contributed by atoms with Crippen LogP contribution in [0.15, 0.2) is 79.4 Å². The Hall–Kier alpha value is -4.06. The third kappa shape index (κ3) is 3.63. The van der Waals surface area contributed by atoms with E-state index in [9.17, 15) is 9.59 Å². The molecule has 5 rings (SSSR count). The first-order chi connectivity index (χ1) is 16.2. The molecule has 0 aliphatic carbocycles. The first kappa shape index (κ1) is 20.8. The molecule has 0 saturated carbocycles. The number of carbonyl (C=O) groups is 2. The predicted octanol–water partition coefficient (Wildman–Crippen LogP) is 5.89. The lowest BCUT2D eigenvalue weighted by molar-refractivity contribution is 0.0608. The molecular weight excluding hydrogens is 412 g/mol. The maximum absolute atomic E-state index is 13.3. The molecule has 0 fully saturated rings. The average Bonchev–Trinajstić information content (AvgIpc) is 2.86. The minimum atomic E-state index is -0.222. The Kier molecular flexibility index (Phi) is 5.57. The van der Waals surface area contributed by atoms with Crippen molar-refractivity contribution in [1.82, 2.24) is 14.9 Å². The quantitative estimate of drug-likeness (QED) is 0.267. The van der Waals surface area contributed by atoms with Crippen LogP contribution in [0.5, 0.6) is 0 Å². The Morgan fingerprint density at radius 2 is 1.45 bits per heavy atom. The standard InChI is InChI=1S/C27H24N4O2/c1-2-3-4-16-30-26(32)22-11-5-10-21-24(13-12-23(25(21)22)27(30)33)31(19-8-6-14-28-17-19)20-9-7-15-29-18-20/h5-15,17-18H,2-4,16H2,1H3. The number of imide groups is 1. The molecule has 2 amide bonds. The summed E-state index contributed by atoms with van der Waals surface area (Å²) in [6, 6.07) is 17.1. The van der Waals surface area contributed by atoms with Crippen molar-refractivity contribution in [3.8, 4) is 0 Å². The van der Waals surface area contributed by atoms with Gasteiger partial charge in [0.05, 0.1) is 29.5 Å². The highest BCUT2D eigenvalue weighted by Crippen LogP contribution is 2.41. The molecule has 0 bridgehead atoms. The van der Waals surface area contributed by atoms with Crippen LogP contribution in [0.25, 0.3) is 10.8 Å². The summed E-state index contributed by atoms with van der Waals surface area (Å²) in [5.74, 6) is -0.443. The molecule has 0 spiro atoms. The monoisotopic (exact) mass is 436 g/mol. The summed E-state index contributed by atoms with van der Waals surface area (Å²) in [5.41, 5.74) is 3.72. The van der Waals surface area contributed by atoms with Crippen molar-refractivity contribution in [2.75, 3.05) is 11.4 Å². The van der Waals surface area contributed by atoms with E-state index in [4.69, 9.17) is 0 Å². The van der Waals surface area contributed by atoms with E-state index in [-0.39, 0.29) is 11.8 Å². The zero-order chi connectivity index (χ0) is 22.8. The molecule has 6 nitrogen and oxygen atoms in total. The van der Waals surface area contributed by atoms with Crippen LogP contribution in [0.1, 0.15) is 46.9 Å². The van der Waals surface area contributed by atoms with Crippen molar-refractivity contribution in [2.24, 2.45) is 0 Å². The molecule has 164 valence electrons. The van der Waals surface area contributed by atoms with E-state index >= 15 is 0 Å². The summed E-state index contributed by atoms with van der Waals surface area (Å²) in [5, 5.41) is 1.54. The lowest BCUT2D eigenvalue weighted by Crippen LogP contribution is -2.40. The van der Waals surface area contributed by atoms with Crippen LogP contribution in [0.3, 0.4) is 0 Å². The number of hydrogen-bond donors (Lipinski definition) is 0. The smallest absolute Gasteiger partial charge is 0.261 e. The molecular formula is C27H24N4O2. The van der Waals surface area contributed by atoms with Gasteiger partial charge in [-0.3, -0.25) is 24.5 Å². The van der Waals surface area contributed by atoms with Gasteiger partial charge < -0.3 is 4.90 Å². The topological polar surface area (TPSA) is 66.4 Å². The number of amides is 2. The molecule has 33 heavy (non-hydrogen) atoms. The Morgan fingerprint density at radius 3 is 2.06 bits per heavy atom. The van der Waals surface area contributed by atoms with Crippen molar-refractivity contribution < 1.29 is 9.59 Å². The fourth-order valence-electron chi connectivity index (χ4n) is 4.45. The van der Waals surface area contributed by atoms with E-state index in [0.29, 0.717) is 23.1 Å². The van der Waals surface area contributed by atoms with E-state index in [2.05, 4.69) is 16.9 Å². The highest BCUT2D eigenvalue weighted by atomic mass is 16.2. The number of benzene rings is 2. The molecule has 0 saturated heterocycles. The Balaban J connectivity index is 1.69. The number of aromatic nitrogens is 2. The van der Waals surface area contributed by atoms with Crippen molar-refractivity contribution >= 4 is 39.6 Å². The maximum Gasteiger partial charge on any atom is 0.261 e. The van der Waals surface area contributed by atoms with Crippen LogP contribution in [0.4, 0.5) is 17.1 Å². The molecule has 2 aromatic heterocycles. The molecule has 2 aromatic carbocycles. The van der Waals surface area contributed by atoms with Crippen LogP contribution < -0.4 is 4.90 Å². The first-order valence-electron chi connectivity index (χ1n) is 11.2. The number of carbonyl (C=O) groups excluding carboxylic acids is 2. The summed E-state index contributed by atoms with van der Waals surface area (Å²) in [6.45, 7) is 2.55. The lowest BCUT2D eigenvalue weighted by Gasteiger charge is -2.30. The second-order valence-corrected chi connectivity index (χ2v) is 8.09. The van der Waals surface area contributed by atoms with E-state index < -0.39 is 0 Å². The fourth-order valence-corrected chi connectivity index (χ4v) is 4.45. The summed E-state index contributed by atoms with van der Waals surface area (Å²) < 4.78 is 0. The highest BCUT2D eigenvalue weighted by molar-refractivity contribution is 6.27. The van der Waals surface area contributed by atoms with Crippen LogP contribution in [0.2, 0.25) is 0 Å². The molecule has 0 unspecified atom stereocenters. The second kappa shape index (κ2) is 8.82. The van der Waals surface area contributed by atoms with Gasteiger partial charge in [-0.1, -0.05) is 31.9 Å². The van der Waals surface area contributed by atoms with Crippen LogP contribution in [0, 0.1) is 0 Å². The number of unbranched alkanes of at least 4 members (excludes halogenated alkanes) is 2. The largest absolute Gasteiger partial charge is 0.307 e. The SMILES string of the molecule is CCCCCN1C(=O)c2cccc3c(N(c4cccnc4)c4cccnc4)ccc(c23)C1=O. The summed E-state index contributed by atoms with van der Waals surface area (Å²) in [4.78, 5) is 38.6. The van der Waals surface area contributed by atoms with Gasteiger partial charge in [0, 0.05) is 40.8 Å². The van der Waals surface area contributed by atoms with Gasteiger partial charge in [-0.25, -0.2) is 0 Å². The Labute approximate surface area is 192 Å². The Bertz CT molecular complexity index is 1260. The molecule has 6 heteroatoms. The molecule has 1 aliphatic heterocycles. The zero-order valence-corrected chi connectivity index (χ0v) is 18.4. The van der Waals surface area contributed by atoms with Crippen molar-refractivity contribution in [3.05, 3.63) is 90.5 Å². The molecule has 1 aliphatic rings. The molecule has 0 N–H and O–H groups in total. The normalized spacial score (nSPS) is 12.9. The number of pyridine rings is 2. The predicted molar refractivity (Wildman–Crippen MR) is 129 cm³/mol. The number of nitrogens with zero attached hydrogens (tertiary/aromatic N) is 4. The van der Waals surface area contributed by atoms with Crippen LogP contribution in [-0.4, -0.2) is 33.2 Å². The van der Waals surface area contributed by atoms with E-state index in [1.54, 1.807) is 24.8 Å². The first-order valence-corrected chi connectivity index (χ1v) is 11.2. The second-order valence-electron chi connectivity index (χ2n) is 8.09. The third-order valence-electron chi connectivity index (χ3n) is 6.00. The minimum Gasteiger partial charge on any atom is -0.307 e. The van der Waals surface area contributed by atoms with Gasteiger partial charge >= 0.3 is 0 Å². The minimum absolute atomic E-state index is 0.222. The van der Waals surface area contributed by atoms with E-state index in [1.807, 2.05) is 59.5 Å². The van der Waals surface area contributed by atoms with Crippen molar-refractivity contribution in [3.63, 3.8) is 0 Å². The van der Waals surface area contributed by atoms with Crippen LogP contribution >= 0.6 is 0 Å². The molecule has 0 radical (unpaired) electrons. The fraction of sp³-hybridized carbons (Fsp3) is 0.185.